The summed E-state index contributed by atoms with van der Waals surface area (Å²) in [5.74, 6) is 0.792. The zero-order chi connectivity index (χ0) is 10.8. The van der Waals surface area contributed by atoms with Gasteiger partial charge in [0.25, 0.3) is 0 Å². The maximum Gasteiger partial charge on any atom is 0.132 e. The van der Waals surface area contributed by atoms with Crippen LogP contribution in [0.15, 0.2) is 30.6 Å². The first-order valence-corrected chi connectivity index (χ1v) is 4.60. The van der Waals surface area contributed by atoms with Crippen LogP contribution in [0.3, 0.4) is 0 Å². The number of ether oxygens (including phenoxy) is 1. The van der Waals surface area contributed by atoms with Crippen molar-refractivity contribution in [1.29, 1.82) is 0 Å². The van der Waals surface area contributed by atoms with E-state index in [9.17, 15) is 5.21 Å². The maximum atomic E-state index is 9.53. The molecule has 0 bridgehead atoms. The van der Waals surface area contributed by atoms with E-state index in [4.69, 9.17) is 4.74 Å². The van der Waals surface area contributed by atoms with Crippen LogP contribution >= 0.6 is 0 Å². The molecule has 2 aromatic rings. The van der Waals surface area contributed by atoms with Gasteiger partial charge in [-0.3, -0.25) is 0 Å². The van der Waals surface area contributed by atoms with E-state index in [1.165, 1.54) is 6.33 Å². The van der Waals surface area contributed by atoms with Crippen molar-refractivity contribution in [3.05, 3.63) is 36.3 Å². The molecule has 1 heterocycles. The molecule has 0 saturated heterocycles. The molecule has 15 heavy (non-hydrogen) atoms. The van der Waals surface area contributed by atoms with E-state index in [0.29, 0.717) is 5.69 Å². The summed E-state index contributed by atoms with van der Waals surface area (Å²) >= 11 is 0. The smallest absolute Gasteiger partial charge is 0.132 e. The number of methoxy groups -OCH3 is 1. The summed E-state index contributed by atoms with van der Waals surface area (Å²) in [6, 6.07) is 7.47. The molecule has 1 aromatic heterocycles. The first kappa shape index (κ1) is 9.58. The number of rotatable bonds is 2. The Morgan fingerprint density at radius 3 is 2.40 bits per heavy atom. The minimum absolute atomic E-state index is 0.706. The maximum absolute atomic E-state index is 9.53. The van der Waals surface area contributed by atoms with Gasteiger partial charge >= 0.3 is 0 Å². The van der Waals surface area contributed by atoms with E-state index in [2.05, 4.69) is 4.98 Å². The van der Waals surface area contributed by atoms with Crippen molar-refractivity contribution in [2.45, 2.75) is 6.92 Å². The molecule has 0 aliphatic heterocycles. The number of imidazole rings is 1. The Morgan fingerprint density at radius 1 is 1.27 bits per heavy atom. The number of benzene rings is 1. The lowest BCUT2D eigenvalue weighted by atomic mass is 10.1. The van der Waals surface area contributed by atoms with E-state index in [-0.39, 0.29) is 0 Å². The molecule has 4 nitrogen and oxygen atoms in total. The monoisotopic (exact) mass is 204 g/mol. The Labute approximate surface area is 87.7 Å². The van der Waals surface area contributed by atoms with E-state index >= 15 is 0 Å². The van der Waals surface area contributed by atoms with Crippen LogP contribution in [0, 0.1) is 6.92 Å². The molecule has 1 aromatic carbocycles. The highest BCUT2D eigenvalue weighted by Crippen LogP contribution is 2.23. The molecule has 4 heteroatoms. The van der Waals surface area contributed by atoms with Gasteiger partial charge in [-0.05, 0) is 31.2 Å². The third-order valence-electron chi connectivity index (χ3n) is 2.30. The summed E-state index contributed by atoms with van der Waals surface area (Å²) in [6.07, 6.45) is 1.38. The number of hydrogen-bond donors (Lipinski definition) is 1. The molecular formula is C11H12N2O2. The second kappa shape index (κ2) is 3.65. The van der Waals surface area contributed by atoms with Crippen molar-refractivity contribution in [3.8, 4) is 17.0 Å². The Hall–Kier alpha value is -1.97. The Morgan fingerprint density at radius 2 is 1.93 bits per heavy atom. The van der Waals surface area contributed by atoms with Crippen molar-refractivity contribution in [2.75, 3.05) is 7.11 Å². The Kier molecular flexibility index (Phi) is 2.33. The fraction of sp³-hybridized carbons (Fsp3) is 0.182. The fourth-order valence-corrected chi connectivity index (χ4v) is 1.52. The van der Waals surface area contributed by atoms with Crippen LogP contribution in [0.4, 0.5) is 0 Å². The molecule has 0 saturated carbocycles. The number of nitrogens with zero attached hydrogens (tertiary/aromatic N) is 2. The van der Waals surface area contributed by atoms with Crippen molar-refractivity contribution < 1.29 is 9.94 Å². The molecule has 78 valence electrons. The largest absolute Gasteiger partial charge is 0.497 e. The van der Waals surface area contributed by atoms with Crippen LogP contribution < -0.4 is 4.74 Å². The van der Waals surface area contributed by atoms with Crippen molar-refractivity contribution in [2.24, 2.45) is 0 Å². The average molecular weight is 204 g/mol. The zero-order valence-electron chi connectivity index (χ0n) is 8.64. The highest BCUT2D eigenvalue weighted by molar-refractivity contribution is 5.62. The van der Waals surface area contributed by atoms with Gasteiger partial charge in [0.15, 0.2) is 0 Å². The normalized spacial score (nSPS) is 10.3. The first-order chi connectivity index (χ1) is 7.22. The van der Waals surface area contributed by atoms with Crippen LogP contribution in [-0.4, -0.2) is 22.0 Å². The third kappa shape index (κ3) is 1.66. The predicted molar refractivity (Wildman–Crippen MR) is 56.1 cm³/mol. The summed E-state index contributed by atoms with van der Waals surface area (Å²) < 4.78 is 6.09. The lowest BCUT2D eigenvalue weighted by molar-refractivity contribution is 0.190. The molecule has 0 spiro atoms. The van der Waals surface area contributed by atoms with Gasteiger partial charge in [-0.15, -0.1) is 0 Å². The number of aryl methyl sites for hydroxylation is 1. The minimum Gasteiger partial charge on any atom is -0.497 e. The van der Waals surface area contributed by atoms with Gasteiger partial charge in [0.05, 0.1) is 12.8 Å². The number of aromatic nitrogens is 2. The van der Waals surface area contributed by atoms with Crippen LogP contribution in [0.5, 0.6) is 5.75 Å². The molecule has 0 fully saturated rings. The standard InChI is InChI=1S/C11H12N2O2/c1-8-11(13(14)7-12-8)9-3-5-10(15-2)6-4-9/h3-7,14H,1-2H3. The topological polar surface area (TPSA) is 47.3 Å². The van der Waals surface area contributed by atoms with Gasteiger partial charge in [0.2, 0.25) is 0 Å². The van der Waals surface area contributed by atoms with Crippen LogP contribution in [0.25, 0.3) is 11.3 Å². The molecule has 0 unspecified atom stereocenters. The van der Waals surface area contributed by atoms with Gasteiger partial charge in [-0.25, -0.2) is 4.98 Å². The summed E-state index contributed by atoms with van der Waals surface area (Å²) in [5.41, 5.74) is 2.41. The summed E-state index contributed by atoms with van der Waals surface area (Å²) in [5, 5.41) is 9.53. The molecule has 1 N–H and O–H groups in total. The van der Waals surface area contributed by atoms with Gasteiger partial charge in [0, 0.05) is 5.56 Å². The quantitative estimate of drug-likeness (QED) is 0.762. The molecule has 0 aliphatic carbocycles. The first-order valence-electron chi connectivity index (χ1n) is 4.60. The van der Waals surface area contributed by atoms with E-state index in [1.807, 2.05) is 31.2 Å². The fourth-order valence-electron chi connectivity index (χ4n) is 1.52. The van der Waals surface area contributed by atoms with Gasteiger partial charge in [-0.1, -0.05) is 0 Å². The number of hydrogen-bond acceptors (Lipinski definition) is 3. The van der Waals surface area contributed by atoms with Crippen LogP contribution in [0.2, 0.25) is 0 Å². The lowest BCUT2D eigenvalue weighted by Gasteiger charge is -2.04. The predicted octanol–water partition coefficient (Wildman–Crippen LogP) is 2.10. The third-order valence-corrected chi connectivity index (χ3v) is 2.30. The van der Waals surface area contributed by atoms with E-state index in [0.717, 1.165) is 21.7 Å². The van der Waals surface area contributed by atoms with Gasteiger partial charge in [-0.2, -0.15) is 4.73 Å². The summed E-state index contributed by atoms with van der Waals surface area (Å²) in [7, 11) is 1.62. The van der Waals surface area contributed by atoms with Crippen LogP contribution in [0.1, 0.15) is 5.69 Å². The van der Waals surface area contributed by atoms with Crippen molar-refractivity contribution >= 4 is 0 Å². The Balaban J connectivity index is 2.45. The van der Waals surface area contributed by atoms with Crippen molar-refractivity contribution in [1.82, 2.24) is 9.71 Å². The van der Waals surface area contributed by atoms with Crippen molar-refractivity contribution in [3.63, 3.8) is 0 Å². The van der Waals surface area contributed by atoms with Gasteiger partial charge < -0.3 is 9.94 Å². The molecule has 0 radical (unpaired) electrons. The molecule has 0 aliphatic rings. The summed E-state index contributed by atoms with van der Waals surface area (Å²) in [6.45, 7) is 1.85. The molecule has 0 amide bonds. The summed E-state index contributed by atoms with van der Waals surface area (Å²) in [4.78, 5) is 4.02. The second-order valence-electron chi connectivity index (χ2n) is 3.25. The van der Waals surface area contributed by atoms with E-state index in [1.54, 1.807) is 7.11 Å². The van der Waals surface area contributed by atoms with Crippen LogP contribution in [-0.2, 0) is 0 Å². The van der Waals surface area contributed by atoms with Gasteiger partial charge in [0.1, 0.15) is 17.8 Å². The molecule has 2 rings (SSSR count). The minimum atomic E-state index is 0.706. The van der Waals surface area contributed by atoms with E-state index < -0.39 is 0 Å². The highest BCUT2D eigenvalue weighted by Gasteiger charge is 2.08. The zero-order valence-corrected chi connectivity index (χ0v) is 8.64. The molecule has 0 atom stereocenters. The average Bonchev–Trinajstić information content (AvgIpc) is 2.59. The SMILES string of the molecule is COc1ccc(-c2c(C)ncn2O)cc1. The Bertz CT molecular complexity index is 440. The second-order valence-corrected chi connectivity index (χ2v) is 3.25. The highest BCUT2D eigenvalue weighted by atomic mass is 16.5. The molecular weight excluding hydrogens is 192 g/mol. The lowest BCUT2D eigenvalue weighted by Crippen LogP contribution is -1.92.